The van der Waals surface area contributed by atoms with Crippen LogP contribution in [-0.4, -0.2) is 34.7 Å². The molecule has 0 spiro atoms. The average molecular weight is 418 g/mol. The van der Waals surface area contributed by atoms with Gasteiger partial charge in [-0.25, -0.2) is 4.79 Å². The fraction of sp³-hybridized carbons (Fsp3) is 0.455. The number of unbranched alkanes of at least 4 members (excludes halogenated alkanes) is 1. The molecule has 1 aromatic carbocycles. The lowest BCUT2D eigenvalue weighted by molar-refractivity contribution is -0.117. The Balaban J connectivity index is 1.58. The molecule has 156 valence electrons. The number of aromatic carboxylic acids is 1. The van der Waals surface area contributed by atoms with Crippen molar-refractivity contribution in [3.8, 4) is 0 Å². The summed E-state index contributed by atoms with van der Waals surface area (Å²) < 4.78 is 5.79. The van der Waals surface area contributed by atoms with E-state index in [1.807, 2.05) is 24.3 Å². The number of carbonyl (C=O) groups is 2. The Labute approximate surface area is 174 Å². The SMILES string of the molecule is CCCCC(O)c1ccc(N2C(=O)CCC2COCc2ccc(C(=O)O)s2)cc1. The van der Waals surface area contributed by atoms with Gasteiger partial charge < -0.3 is 19.8 Å². The van der Waals surface area contributed by atoms with Crippen molar-refractivity contribution in [2.45, 2.75) is 57.8 Å². The number of anilines is 1. The van der Waals surface area contributed by atoms with Crippen molar-refractivity contribution in [1.29, 1.82) is 0 Å². The van der Waals surface area contributed by atoms with Gasteiger partial charge in [-0.3, -0.25) is 4.79 Å². The molecule has 6 nitrogen and oxygen atoms in total. The van der Waals surface area contributed by atoms with Gasteiger partial charge in [0.15, 0.2) is 0 Å². The molecule has 0 bridgehead atoms. The Morgan fingerprint density at radius 1 is 1.28 bits per heavy atom. The first kappa shape index (κ1) is 21.5. The van der Waals surface area contributed by atoms with Crippen LogP contribution < -0.4 is 4.90 Å². The van der Waals surface area contributed by atoms with Crippen molar-refractivity contribution < 1.29 is 24.5 Å². The summed E-state index contributed by atoms with van der Waals surface area (Å²) in [5.41, 5.74) is 1.69. The third-order valence-electron chi connectivity index (χ3n) is 5.14. The lowest BCUT2D eigenvalue weighted by atomic mass is 10.0. The van der Waals surface area contributed by atoms with Gasteiger partial charge >= 0.3 is 5.97 Å². The van der Waals surface area contributed by atoms with Crippen LogP contribution in [0.1, 0.15) is 65.2 Å². The zero-order valence-corrected chi connectivity index (χ0v) is 17.4. The average Bonchev–Trinajstić information content (AvgIpc) is 3.33. The van der Waals surface area contributed by atoms with E-state index in [-0.39, 0.29) is 11.9 Å². The standard InChI is InChI=1S/C22H27NO5S/c1-2-3-4-19(24)15-5-7-16(8-6-15)23-17(9-12-21(23)25)13-28-14-18-10-11-20(29-18)22(26)27/h5-8,10-11,17,19,24H,2-4,9,12-14H2,1H3,(H,26,27). The van der Waals surface area contributed by atoms with Gasteiger partial charge in [0, 0.05) is 17.0 Å². The molecular weight excluding hydrogens is 390 g/mol. The molecule has 1 aliphatic heterocycles. The molecule has 1 aliphatic rings. The first-order chi connectivity index (χ1) is 14.0. The predicted octanol–water partition coefficient (Wildman–Crippen LogP) is 4.38. The summed E-state index contributed by atoms with van der Waals surface area (Å²) in [6.45, 7) is 2.83. The van der Waals surface area contributed by atoms with Crippen LogP contribution in [0.2, 0.25) is 0 Å². The smallest absolute Gasteiger partial charge is 0.345 e. The van der Waals surface area contributed by atoms with E-state index < -0.39 is 12.1 Å². The summed E-state index contributed by atoms with van der Waals surface area (Å²) in [5.74, 6) is -0.862. The monoisotopic (exact) mass is 417 g/mol. The molecule has 0 saturated carbocycles. The van der Waals surface area contributed by atoms with E-state index in [1.165, 1.54) is 11.3 Å². The van der Waals surface area contributed by atoms with Gasteiger partial charge in [-0.05, 0) is 42.7 Å². The number of benzene rings is 1. The first-order valence-corrected chi connectivity index (χ1v) is 10.8. The molecule has 1 aromatic heterocycles. The molecule has 0 radical (unpaired) electrons. The van der Waals surface area contributed by atoms with Gasteiger partial charge in [-0.15, -0.1) is 11.3 Å². The number of hydrogen-bond donors (Lipinski definition) is 2. The van der Waals surface area contributed by atoms with Crippen molar-refractivity contribution >= 4 is 28.9 Å². The Hall–Kier alpha value is -2.22. The van der Waals surface area contributed by atoms with E-state index >= 15 is 0 Å². The molecule has 0 aliphatic carbocycles. The van der Waals surface area contributed by atoms with Crippen molar-refractivity contribution in [1.82, 2.24) is 0 Å². The van der Waals surface area contributed by atoms with Crippen LogP contribution in [0.15, 0.2) is 36.4 Å². The Morgan fingerprint density at radius 3 is 2.69 bits per heavy atom. The molecule has 2 heterocycles. The fourth-order valence-electron chi connectivity index (χ4n) is 3.54. The van der Waals surface area contributed by atoms with Crippen LogP contribution in [0.4, 0.5) is 5.69 Å². The summed E-state index contributed by atoms with van der Waals surface area (Å²) in [7, 11) is 0. The van der Waals surface area contributed by atoms with Crippen LogP contribution in [0, 0.1) is 0 Å². The van der Waals surface area contributed by atoms with E-state index in [4.69, 9.17) is 9.84 Å². The molecule has 2 atom stereocenters. The van der Waals surface area contributed by atoms with E-state index in [1.54, 1.807) is 17.0 Å². The van der Waals surface area contributed by atoms with Crippen LogP contribution in [0.5, 0.6) is 0 Å². The topological polar surface area (TPSA) is 87.1 Å². The molecule has 2 N–H and O–H groups in total. The third-order valence-corrected chi connectivity index (χ3v) is 6.19. The highest BCUT2D eigenvalue weighted by Crippen LogP contribution is 2.29. The number of amides is 1. The van der Waals surface area contributed by atoms with Gasteiger partial charge in [-0.2, -0.15) is 0 Å². The summed E-state index contributed by atoms with van der Waals surface area (Å²) in [4.78, 5) is 26.3. The van der Waals surface area contributed by atoms with Crippen LogP contribution in [0.25, 0.3) is 0 Å². The third kappa shape index (κ3) is 5.44. The van der Waals surface area contributed by atoms with Gasteiger partial charge in [-0.1, -0.05) is 31.9 Å². The van der Waals surface area contributed by atoms with Gasteiger partial charge in [0.25, 0.3) is 0 Å². The number of rotatable bonds is 10. The van der Waals surface area contributed by atoms with E-state index in [0.717, 1.165) is 41.8 Å². The number of carboxylic acids is 1. The van der Waals surface area contributed by atoms with E-state index in [9.17, 15) is 14.7 Å². The lowest BCUT2D eigenvalue weighted by Crippen LogP contribution is -2.36. The Morgan fingerprint density at radius 2 is 2.03 bits per heavy atom. The molecule has 7 heteroatoms. The molecule has 3 rings (SSSR count). The highest BCUT2D eigenvalue weighted by Gasteiger charge is 2.32. The number of carbonyl (C=O) groups excluding carboxylic acids is 1. The molecule has 2 aromatic rings. The largest absolute Gasteiger partial charge is 0.477 e. The van der Waals surface area contributed by atoms with Gasteiger partial charge in [0.05, 0.1) is 25.4 Å². The molecule has 1 saturated heterocycles. The number of aliphatic hydroxyl groups excluding tert-OH is 1. The van der Waals surface area contributed by atoms with E-state index in [2.05, 4.69) is 6.92 Å². The Kier molecular flexibility index (Phi) is 7.41. The Bertz CT molecular complexity index is 832. The summed E-state index contributed by atoms with van der Waals surface area (Å²) >= 11 is 1.20. The van der Waals surface area contributed by atoms with Crippen LogP contribution in [0.3, 0.4) is 0 Å². The molecule has 2 unspecified atom stereocenters. The van der Waals surface area contributed by atoms with Crippen molar-refractivity contribution in [2.24, 2.45) is 0 Å². The minimum absolute atomic E-state index is 0.0442. The zero-order valence-electron chi connectivity index (χ0n) is 16.5. The summed E-state index contributed by atoms with van der Waals surface area (Å²) in [6, 6.07) is 10.8. The minimum atomic E-state index is -0.933. The van der Waals surface area contributed by atoms with E-state index in [0.29, 0.717) is 24.5 Å². The first-order valence-electron chi connectivity index (χ1n) is 9.99. The normalized spacial score (nSPS) is 17.7. The summed E-state index contributed by atoms with van der Waals surface area (Å²) in [6.07, 6.45) is 3.50. The van der Waals surface area contributed by atoms with Crippen LogP contribution >= 0.6 is 11.3 Å². The van der Waals surface area contributed by atoms with Crippen molar-refractivity contribution in [3.05, 3.63) is 51.7 Å². The molecule has 1 fully saturated rings. The number of aliphatic hydroxyl groups is 1. The maximum absolute atomic E-state index is 12.4. The molecular formula is C22H27NO5S. The van der Waals surface area contributed by atoms with Crippen LogP contribution in [-0.2, 0) is 16.1 Å². The maximum atomic E-state index is 12.4. The number of hydrogen-bond acceptors (Lipinski definition) is 5. The summed E-state index contributed by atoms with van der Waals surface area (Å²) in [5, 5.41) is 19.2. The number of carboxylic acid groups (broad SMARTS) is 1. The highest BCUT2D eigenvalue weighted by atomic mass is 32.1. The number of thiophene rings is 1. The zero-order chi connectivity index (χ0) is 20.8. The number of ether oxygens (including phenoxy) is 1. The maximum Gasteiger partial charge on any atom is 0.345 e. The van der Waals surface area contributed by atoms with Gasteiger partial charge in [0.2, 0.25) is 5.91 Å². The molecule has 1 amide bonds. The second-order valence-electron chi connectivity index (χ2n) is 7.29. The fourth-order valence-corrected chi connectivity index (χ4v) is 4.33. The quantitative estimate of drug-likeness (QED) is 0.599. The van der Waals surface area contributed by atoms with Crippen molar-refractivity contribution in [3.63, 3.8) is 0 Å². The highest BCUT2D eigenvalue weighted by molar-refractivity contribution is 7.13. The predicted molar refractivity (Wildman–Crippen MR) is 112 cm³/mol. The van der Waals surface area contributed by atoms with Crippen molar-refractivity contribution in [2.75, 3.05) is 11.5 Å². The lowest BCUT2D eigenvalue weighted by Gasteiger charge is -2.25. The minimum Gasteiger partial charge on any atom is -0.477 e. The second-order valence-corrected chi connectivity index (χ2v) is 8.46. The molecule has 29 heavy (non-hydrogen) atoms. The number of nitrogens with zero attached hydrogens (tertiary/aromatic N) is 1. The van der Waals surface area contributed by atoms with Gasteiger partial charge in [0.1, 0.15) is 4.88 Å². The second kappa shape index (κ2) is 10.0.